The van der Waals surface area contributed by atoms with Crippen molar-refractivity contribution < 1.29 is 0 Å². The van der Waals surface area contributed by atoms with Gasteiger partial charge in [0.25, 0.3) is 0 Å². The molecule has 1 nitrogen and oxygen atoms in total. The molecule has 0 aliphatic heterocycles. The SMILES string of the molecule is CCCCCc1ccc([C@H]2CC[C@@](C#N)(CCCCC)CC2)cc1. The summed E-state index contributed by atoms with van der Waals surface area (Å²) >= 11 is 0. The maximum absolute atomic E-state index is 9.69. The Kier molecular flexibility index (Phi) is 7.83. The number of hydrogen-bond donors (Lipinski definition) is 0. The molecule has 2 rings (SSSR count). The highest BCUT2D eigenvalue weighted by Gasteiger charge is 2.35. The Morgan fingerprint density at radius 2 is 1.58 bits per heavy atom. The molecule has 1 saturated carbocycles. The normalized spacial score (nSPS) is 23.8. The summed E-state index contributed by atoms with van der Waals surface area (Å²) in [5.41, 5.74) is 2.95. The zero-order valence-electron chi connectivity index (χ0n) is 15.8. The van der Waals surface area contributed by atoms with E-state index in [9.17, 15) is 5.26 Å². The first-order chi connectivity index (χ1) is 11.7. The molecule has 0 radical (unpaired) electrons. The van der Waals surface area contributed by atoms with E-state index in [1.807, 2.05) is 0 Å². The molecule has 0 N–H and O–H groups in total. The van der Waals surface area contributed by atoms with Crippen molar-refractivity contribution in [2.45, 2.75) is 96.8 Å². The second kappa shape index (κ2) is 9.87. The second-order valence-electron chi connectivity index (χ2n) is 7.82. The Morgan fingerprint density at radius 3 is 2.17 bits per heavy atom. The summed E-state index contributed by atoms with van der Waals surface area (Å²) in [6, 6.07) is 12.0. The van der Waals surface area contributed by atoms with Gasteiger partial charge in [-0.05, 0) is 62.0 Å². The Labute approximate surface area is 149 Å². The molecule has 0 saturated heterocycles. The largest absolute Gasteiger partial charge is 0.198 e. The van der Waals surface area contributed by atoms with Crippen LogP contribution >= 0.6 is 0 Å². The summed E-state index contributed by atoms with van der Waals surface area (Å²) in [5.74, 6) is 0.669. The minimum absolute atomic E-state index is 0.0221. The number of nitriles is 1. The van der Waals surface area contributed by atoms with Crippen LogP contribution < -0.4 is 0 Å². The monoisotopic (exact) mass is 325 g/mol. The molecule has 1 heteroatoms. The highest BCUT2D eigenvalue weighted by atomic mass is 14.4. The van der Waals surface area contributed by atoms with Crippen molar-refractivity contribution in [3.8, 4) is 6.07 Å². The van der Waals surface area contributed by atoms with Crippen LogP contribution in [0.4, 0.5) is 0 Å². The summed E-state index contributed by atoms with van der Waals surface area (Å²) < 4.78 is 0. The van der Waals surface area contributed by atoms with Crippen LogP contribution in [-0.4, -0.2) is 0 Å². The molecule has 1 fully saturated rings. The molecule has 1 aromatic rings. The highest BCUT2D eigenvalue weighted by Crippen LogP contribution is 2.45. The van der Waals surface area contributed by atoms with E-state index in [2.05, 4.69) is 44.2 Å². The summed E-state index contributed by atoms with van der Waals surface area (Å²) in [6.45, 7) is 4.50. The summed E-state index contributed by atoms with van der Waals surface area (Å²) in [6.07, 6.45) is 14.6. The average molecular weight is 326 g/mol. The number of unbranched alkanes of at least 4 members (excludes halogenated alkanes) is 4. The third-order valence-electron chi connectivity index (χ3n) is 5.96. The smallest absolute Gasteiger partial charge is 0.0689 e. The summed E-state index contributed by atoms with van der Waals surface area (Å²) in [5, 5.41) is 9.69. The van der Waals surface area contributed by atoms with Gasteiger partial charge in [0, 0.05) is 0 Å². The van der Waals surface area contributed by atoms with E-state index in [0.717, 1.165) is 19.3 Å². The molecule has 24 heavy (non-hydrogen) atoms. The van der Waals surface area contributed by atoms with Gasteiger partial charge in [0.05, 0.1) is 11.5 Å². The lowest BCUT2D eigenvalue weighted by molar-refractivity contribution is 0.223. The van der Waals surface area contributed by atoms with Crippen molar-refractivity contribution in [1.82, 2.24) is 0 Å². The fraction of sp³-hybridized carbons (Fsp3) is 0.696. The van der Waals surface area contributed by atoms with Gasteiger partial charge in [-0.3, -0.25) is 0 Å². The molecule has 0 bridgehead atoms. The number of benzene rings is 1. The topological polar surface area (TPSA) is 23.8 Å². The molecule has 0 unspecified atom stereocenters. The minimum Gasteiger partial charge on any atom is -0.198 e. The molecule has 0 spiro atoms. The molecule has 1 aliphatic carbocycles. The minimum atomic E-state index is -0.0221. The standard InChI is InChI=1S/C23H35N/c1-3-5-7-9-20-10-12-21(13-11-20)22-14-17-23(19-24,18-15-22)16-8-6-4-2/h10-13,22H,3-9,14-18H2,1-2H3/t22-,23-. The first-order valence-corrected chi connectivity index (χ1v) is 10.2. The summed E-state index contributed by atoms with van der Waals surface area (Å²) in [4.78, 5) is 0. The van der Waals surface area contributed by atoms with E-state index >= 15 is 0 Å². The lowest BCUT2D eigenvalue weighted by atomic mass is 9.67. The Morgan fingerprint density at radius 1 is 0.958 bits per heavy atom. The van der Waals surface area contributed by atoms with E-state index in [0.29, 0.717) is 5.92 Å². The quantitative estimate of drug-likeness (QED) is 0.441. The second-order valence-corrected chi connectivity index (χ2v) is 7.82. The Balaban J connectivity index is 1.86. The van der Waals surface area contributed by atoms with Crippen LogP contribution in [0.25, 0.3) is 0 Å². The van der Waals surface area contributed by atoms with Crippen LogP contribution in [0.1, 0.15) is 102 Å². The predicted molar refractivity (Wildman–Crippen MR) is 103 cm³/mol. The van der Waals surface area contributed by atoms with Gasteiger partial charge in [-0.1, -0.05) is 70.2 Å². The van der Waals surface area contributed by atoms with Crippen LogP contribution in [0.15, 0.2) is 24.3 Å². The van der Waals surface area contributed by atoms with Gasteiger partial charge >= 0.3 is 0 Å². The third-order valence-corrected chi connectivity index (χ3v) is 5.96. The van der Waals surface area contributed by atoms with Gasteiger partial charge in [0.15, 0.2) is 0 Å². The van der Waals surface area contributed by atoms with Crippen LogP contribution in [0.2, 0.25) is 0 Å². The molecule has 1 aliphatic rings. The third kappa shape index (κ3) is 5.37. The van der Waals surface area contributed by atoms with E-state index in [1.54, 1.807) is 0 Å². The van der Waals surface area contributed by atoms with Crippen molar-refractivity contribution >= 4 is 0 Å². The number of aryl methyl sites for hydroxylation is 1. The number of nitrogens with zero attached hydrogens (tertiary/aromatic N) is 1. The van der Waals surface area contributed by atoms with Crippen LogP contribution in [0.3, 0.4) is 0 Å². The zero-order valence-corrected chi connectivity index (χ0v) is 15.8. The molecule has 0 amide bonds. The van der Waals surface area contributed by atoms with Crippen molar-refractivity contribution in [2.75, 3.05) is 0 Å². The van der Waals surface area contributed by atoms with Gasteiger partial charge in [-0.25, -0.2) is 0 Å². The fourth-order valence-corrected chi connectivity index (χ4v) is 4.17. The lowest BCUT2D eigenvalue weighted by Gasteiger charge is -2.35. The molecule has 1 aromatic carbocycles. The zero-order chi connectivity index (χ0) is 17.3. The van der Waals surface area contributed by atoms with Gasteiger partial charge in [-0.15, -0.1) is 0 Å². The van der Waals surface area contributed by atoms with Gasteiger partial charge in [-0.2, -0.15) is 5.26 Å². The van der Waals surface area contributed by atoms with Crippen molar-refractivity contribution in [3.63, 3.8) is 0 Å². The first kappa shape index (κ1) is 19.0. The molecular weight excluding hydrogens is 290 g/mol. The maximum atomic E-state index is 9.69. The number of hydrogen-bond acceptors (Lipinski definition) is 1. The van der Waals surface area contributed by atoms with E-state index < -0.39 is 0 Å². The highest BCUT2D eigenvalue weighted by molar-refractivity contribution is 5.26. The van der Waals surface area contributed by atoms with Crippen molar-refractivity contribution in [3.05, 3.63) is 35.4 Å². The maximum Gasteiger partial charge on any atom is 0.0689 e. The van der Waals surface area contributed by atoms with Crippen LogP contribution in [0, 0.1) is 16.7 Å². The Bertz CT molecular complexity index is 500. The van der Waals surface area contributed by atoms with Gasteiger partial charge < -0.3 is 0 Å². The van der Waals surface area contributed by atoms with E-state index in [1.165, 1.54) is 68.9 Å². The first-order valence-electron chi connectivity index (χ1n) is 10.2. The molecule has 0 atom stereocenters. The average Bonchev–Trinajstić information content (AvgIpc) is 2.63. The Hall–Kier alpha value is -1.29. The van der Waals surface area contributed by atoms with Crippen LogP contribution in [0.5, 0.6) is 0 Å². The summed E-state index contributed by atoms with van der Waals surface area (Å²) in [7, 11) is 0. The number of rotatable bonds is 9. The predicted octanol–water partition coefficient (Wildman–Crippen LogP) is 7.17. The molecule has 0 aromatic heterocycles. The fourth-order valence-electron chi connectivity index (χ4n) is 4.17. The molecule has 132 valence electrons. The van der Waals surface area contributed by atoms with Gasteiger partial charge in [0.1, 0.15) is 0 Å². The van der Waals surface area contributed by atoms with Crippen molar-refractivity contribution in [1.29, 1.82) is 5.26 Å². The van der Waals surface area contributed by atoms with E-state index in [4.69, 9.17) is 0 Å². The molecular formula is C23H35N. The molecule has 0 heterocycles. The van der Waals surface area contributed by atoms with Crippen LogP contribution in [-0.2, 0) is 6.42 Å². The lowest BCUT2D eigenvalue weighted by Crippen LogP contribution is -2.25. The van der Waals surface area contributed by atoms with Gasteiger partial charge in [0.2, 0.25) is 0 Å². The van der Waals surface area contributed by atoms with Crippen molar-refractivity contribution in [2.24, 2.45) is 5.41 Å². The van der Waals surface area contributed by atoms with E-state index in [-0.39, 0.29) is 5.41 Å².